The van der Waals surface area contributed by atoms with E-state index in [1.165, 1.54) is 76.4 Å². The number of thiophene rings is 1. The summed E-state index contributed by atoms with van der Waals surface area (Å²) < 4.78 is 5.81. The van der Waals surface area contributed by atoms with Gasteiger partial charge in [-0.3, -0.25) is 4.57 Å². The molecule has 330 valence electrons. The molecule has 0 N–H and O–H groups in total. The Bertz CT molecular complexity index is 4610. The maximum Gasteiger partial charge on any atom is 0.235 e. The van der Waals surface area contributed by atoms with Gasteiger partial charge in [-0.05, 0) is 103 Å². The van der Waals surface area contributed by atoms with Gasteiger partial charge in [0.15, 0.2) is 0 Å². The van der Waals surface area contributed by atoms with Gasteiger partial charge in [-0.2, -0.15) is 0 Å². The van der Waals surface area contributed by atoms with Crippen LogP contribution >= 0.6 is 11.3 Å². The largest absolute Gasteiger partial charge is 0.309 e. The molecule has 0 unspecified atom stereocenters. The van der Waals surface area contributed by atoms with Gasteiger partial charge in [0, 0.05) is 43.2 Å². The van der Waals surface area contributed by atoms with Gasteiger partial charge < -0.3 is 4.57 Å². The summed E-state index contributed by atoms with van der Waals surface area (Å²) in [5.74, 6) is 0.643. The van der Waals surface area contributed by atoms with E-state index in [1.54, 1.807) is 11.3 Å². The molecule has 0 atom stereocenters. The first-order chi connectivity index (χ1) is 35.2. The molecule has 11 aromatic carbocycles. The van der Waals surface area contributed by atoms with Crippen LogP contribution in [0.2, 0.25) is 0 Å². The van der Waals surface area contributed by atoms with Crippen molar-refractivity contribution in [1.82, 2.24) is 19.1 Å². The molecule has 0 bridgehead atoms. The summed E-state index contributed by atoms with van der Waals surface area (Å²) >= 11 is 1.75. The lowest BCUT2D eigenvalue weighted by Crippen LogP contribution is -2.02. The molecular weight excluding hydrogens is 881 g/mol. The van der Waals surface area contributed by atoms with E-state index in [0.717, 1.165) is 59.4 Å². The van der Waals surface area contributed by atoms with Crippen molar-refractivity contribution in [1.29, 1.82) is 0 Å². The first-order valence-electron chi connectivity index (χ1n) is 24.1. The number of hydrogen-bond donors (Lipinski definition) is 0. The monoisotopic (exact) mass is 920 g/mol. The van der Waals surface area contributed by atoms with Gasteiger partial charge >= 0.3 is 0 Å². The Balaban J connectivity index is 0.973. The molecular formula is C66H40N4S. The lowest BCUT2D eigenvalue weighted by atomic mass is 9.97. The van der Waals surface area contributed by atoms with Crippen molar-refractivity contribution in [2.75, 3.05) is 0 Å². The Morgan fingerprint density at radius 3 is 1.76 bits per heavy atom. The summed E-state index contributed by atoms with van der Waals surface area (Å²) in [6.45, 7) is 0. The molecule has 0 amide bonds. The van der Waals surface area contributed by atoms with Crippen LogP contribution in [0.1, 0.15) is 0 Å². The third kappa shape index (κ3) is 6.23. The minimum Gasteiger partial charge on any atom is -0.309 e. The molecule has 15 aromatic rings. The van der Waals surface area contributed by atoms with E-state index in [-0.39, 0.29) is 0 Å². The highest BCUT2D eigenvalue weighted by Crippen LogP contribution is 2.45. The number of nitrogens with zero attached hydrogens (tertiary/aromatic N) is 4. The van der Waals surface area contributed by atoms with E-state index in [9.17, 15) is 0 Å². The van der Waals surface area contributed by atoms with E-state index in [4.69, 9.17) is 9.97 Å². The van der Waals surface area contributed by atoms with E-state index in [0.29, 0.717) is 5.95 Å². The molecule has 15 rings (SSSR count). The van der Waals surface area contributed by atoms with Gasteiger partial charge in [-0.15, -0.1) is 11.3 Å². The van der Waals surface area contributed by atoms with E-state index >= 15 is 0 Å². The second kappa shape index (κ2) is 15.7. The highest BCUT2D eigenvalue weighted by atomic mass is 32.1. The normalized spacial score (nSPS) is 11.9. The number of fused-ring (bicyclic) bond motifs is 11. The van der Waals surface area contributed by atoms with Crippen LogP contribution in [0.25, 0.3) is 142 Å². The third-order valence-corrected chi connectivity index (χ3v) is 15.7. The van der Waals surface area contributed by atoms with Crippen molar-refractivity contribution in [2.24, 2.45) is 0 Å². The maximum atomic E-state index is 5.63. The van der Waals surface area contributed by atoms with Crippen LogP contribution in [-0.2, 0) is 0 Å². The summed E-state index contributed by atoms with van der Waals surface area (Å²) in [5, 5.41) is 12.1. The summed E-state index contributed by atoms with van der Waals surface area (Å²) in [6, 6.07) is 88.1. The fourth-order valence-electron chi connectivity index (χ4n) is 11.2. The zero-order chi connectivity index (χ0) is 46.6. The van der Waals surface area contributed by atoms with Crippen LogP contribution in [0.5, 0.6) is 0 Å². The van der Waals surface area contributed by atoms with Crippen molar-refractivity contribution < 1.29 is 0 Å². The zero-order valence-corrected chi connectivity index (χ0v) is 39.1. The minimum atomic E-state index is 0.643. The van der Waals surface area contributed by atoms with Gasteiger partial charge in [-0.1, -0.05) is 194 Å². The van der Waals surface area contributed by atoms with Crippen LogP contribution < -0.4 is 0 Å². The number of aromatic nitrogens is 4. The Morgan fingerprint density at radius 1 is 0.338 bits per heavy atom. The Hall–Kier alpha value is -9.16. The summed E-state index contributed by atoms with van der Waals surface area (Å²) in [6.07, 6.45) is 0. The maximum absolute atomic E-state index is 5.63. The fourth-order valence-corrected chi connectivity index (χ4v) is 12.4. The third-order valence-electron chi connectivity index (χ3n) is 14.5. The van der Waals surface area contributed by atoms with Gasteiger partial charge in [0.1, 0.15) is 0 Å². The van der Waals surface area contributed by atoms with Gasteiger partial charge in [-0.25, -0.2) is 9.97 Å². The number of rotatable bonds is 6. The molecule has 71 heavy (non-hydrogen) atoms. The molecule has 4 heterocycles. The van der Waals surface area contributed by atoms with Gasteiger partial charge in [0.2, 0.25) is 5.95 Å². The van der Waals surface area contributed by atoms with E-state index in [1.807, 2.05) is 0 Å². The fraction of sp³-hybridized carbons (Fsp3) is 0. The quantitative estimate of drug-likeness (QED) is 0.167. The lowest BCUT2D eigenvalue weighted by molar-refractivity contribution is 1.02. The molecule has 0 aliphatic carbocycles. The second-order valence-corrected chi connectivity index (χ2v) is 19.6. The number of para-hydroxylation sites is 2. The van der Waals surface area contributed by atoms with Gasteiger partial charge in [0.05, 0.1) is 38.0 Å². The summed E-state index contributed by atoms with van der Waals surface area (Å²) in [5.41, 5.74) is 14.4. The smallest absolute Gasteiger partial charge is 0.235 e. The summed E-state index contributed by atoms with van der Waals surface area (Å²) in [7, 11) is 0. The molecule has 0 radical (unpaired) electrons. The predicted molar refractivity (Wildman–Crippen MR) is 300 cm³/mol. The van der Waals surface area contributed by atoms with Crippen molar-refractivity contribution in [3.8, 4) is 55.6 Å². The van der Waals surface area contributed by atoms with Crippen molar-refractivity contribution in [2.45, 2.75) is 0 Å². The van der Waals surface area contributed by atoms with Crippen molar-refractivity contribution in [3.63, 3.8) is 0 Å². The number of hydrogen-bond acceptors (Lipinski definition) is 3. The Kier molecular flexibility index (Phi) is 8.79. The first-order valence-corrected chi connectivity index (χ1v) is 25.0. The average molecular weight is 921 g/mol. The SMILES string of the molecule is c1ccc(-c2cc3nc(-n4c5ccc(-c6cccc7c8c9ccccc9ccc8n(-c8ccccc8)c67)cc5c5cc6ccccc6cc54)nc(-c4ccc(-c5cccc6ccccc56)cc4)c3s2)cc1. The molecule has 0 spiro atoms. The second-order valence-electron chi connectivity index (χ2n) is 18.5. The van der Waals surface area contributed by atoms with E-state index in [2.05, 4.69) is 252 Å². The van der Waals surface area contributed by atoms with Crippen molar-refractivity contribution >= 4 is 97.5 Å². The minimum absolute atomic E-state index is 0.643. The predicted octanol–water partition coefficient (Wildman–Crippen LogP) is 18.0. The number of benzene rings is 11. The average Bonchev–Trinajstić information content (AvgIpc) is 4.13. The zero-order valence-electron chi connectivity index (χ0n) is 38.3. The Labute approximate surface area is 412 Å². The molecule has 4 nitrogen and oxygen atoms in total. The summed E-state index contributed by atoms with van der Waals surface area (Å²) in [4.78, 5) is 12.3. The highest BCUT2D eigenvalue weighted by molar-refractivity contribution is 7.22. The topological polar surface area (TPSA) is 35.6 Å². The first kappa shape index (κ1) is 39.8. The van der Waals surface area contributed by atoms with E-state index < -0.39 is 0 Å². The van der Waals surface area contributed by atoms with Crippen molar-refractivity contribution in [3.05, 3.63) is 243 Å². The molecule has 0 aliphatic heterocycles. The van der Waals surface area contributed by atoms with Gasteiger partial charge in [0.25, 0.3) is 0 Å². The molecule has 0 saturated heterocycles. The van der Waals surface area contributed by atoms with Crippen LogP contribution in [0, 0.1) is 0 Å². The lowest BCUT2D eigenvalue weighted by Gasteiger charge is -2.13. The molecule has 0 aliphatic rings. The van der Waals surface area contributed by atoms with Crippen LogP contribution in [0.15, 0.2) is 243 Å². The standard InChI is InChI=1S/C66H40N4S/c1-3-17-44(18-4-1)61-40-57-65(71-61)63(45-31-29-43(30-32-45)51-26-13-21-41-15-9-11-24-50(41)51)68-66(67-57)70-58-35-34-48(38-55(58)56-37-46-19-7-8-20-47(46)39-60(56)70)53-27-14-28-54-62-52-25-12-10-16-42(52)33-36-59(62)69(64(53)54)49-22-5-2-6-23-49/h1-40H. The Morgan fingerprint density at radius 2 is 0.944 bits per heavy atom. The highest BCUT2D eigenvalue weighted by Gasteiger charge is 2.23. The molecule has 4 aromatic heterocycles. The van der Waals surface area contributed by atoms with Crippen LogP contribution in [0.4, 0.5) is 0 Å². The van der Waals surface area contributed by atoms with Crippen LogP contribution in [0.3, 0.4) is 0 Å². The molecule has 0 fully saturated rings. The molecule has 0 saturated carbocycles. The molecule has 5 heteroatoms. The van der Waals surface area contributed by atoms with Crippen LogP contribution in [-0.4, -0.2) is 19.1 Å².